The molecule has 0 aromatic carbocycles. The van der Waals surface area contributed by atoms with Crippen molar-refractivity contribution in [3.05, 3.63) is 11.4 Å². The van der Waals surface area contributed by atoms with Crippen molar-refractivity contribution in [1.29, 1.82) is 0 Å². The lowest BCUT2D eigenvalue weighted by Crippen LogP contribution is -2.21. The second-order valence-corrected chi connectivity index (χ2v) is 3.66. The molecule has 0 aliphatic carbocycles. The fraction of sp³-hybridized carbons (Fsp3) is 0.636. The number of methoxy groups -OCH3 is 1. The second-order valence-electron chi connectivity index (χ2n) is 3.66. The van der Waals surface area contributed by atoms with Crippen LogP contribution in [0.4, 0.5) is 5.69 Å². The molecule has 1 aromatic heterocycles. The summed E-state index contributed by atoms with van der Waals surface area (Å²) in [4.78, 5) is 11.5. The van der Waals surface area contributed by atoms with Gasteiger partial charge in [-0.3, -0.25) is 4.68 Å². The average Bonchev–Trinajstić information content (AvgIpc) is 2.63. The number of nitrogen functional groups attached to an aromatic ring is 1. The summed E-state index contributed by atoms with van der Waals surface area (Å²) in [6.07, 6.45) is 1.51. The highest BCUT2D eigenvalue weighted by Gasteiger charge is 2.22. The van der Waals surface area contributed by atoms with Gasteiger partial charge in [0.05, 0.1) is 24.2 Å². The van der Waals surface area contributed by atoms with Crippen molar-refractivity contribution in [3.63, 3.8) is 0 Å². The van der Waals surface area contributed by atoms with E-state index >= 15 is 0 Å². The van der Waals surface area contributed by atoms with Gasteiger partial charge in [-0.2, -0.15) is 5.10 Å². The first-order chi connectivity index (χ1) is 7.56. The number of rotatable bonds is 4. The Morgan fingerprint density at radius 1 is 1.50 bits per heavy atom. The van der Waals surface area contributed by atoms with Crippen molar-refractivity contribution in [2.45, 2.75) is 39.7 Å². The van der Waals surface area contributed by atoms with E-state index in [1.54, 1.807) is 11.6 Å². The molecule has 0 aliphatic heterocycles. The Morgan fingerprint density at radius 3 is 2.56 bits per heavy atom. The van der Waals surface area contributed by atoms with Gasteiger partial charge in [0.2, 0.25) is 0 Å². The second kappa shape index (κ2) is 5.01. The van der Waals surface area contributed by atoms with E-state index in [1.165, 1.54) is 7.11 Å². The molecular formula is C11H19N3O2. The normalized spacial score (nSPS) is 12.5. The van der Waals surface area contributed by atoms with Gasteiger partial charge < -0.3 is 10.5 Å². The summed E-state index contributed by atoms with van der Waals surface area (Å²) in [6, 6.07) is -0.428. The highest BCUT2D eigenvalue weighted by Crippen LogP contribution is 2.22. The largest absolute Gasteiger partial charge is 0.467 e. The van der Waals surface area contributed by atoms with Crippen LogP contribution in [-0.4, -0.2) is 22.9 Å². The van der Waals surface area contributed by atoms with E-state index in [-0.39, 0.29) is 5.97 Å². The zero-order chi connectivity index (χ0) is 12.3. The van der Waals surface area contributed by atoms with Crippen LogP contribution in [0.25, 0.3) is 0 Å². The first kappa shape index (κ1) is 12.5. The third kappa shape index (κ3) is 2.03. The van der Waals surface area contributed by atoms with Crippen LogP contribution >= 0.6 is 0 Å². The molecule has 5 heteroatoms. The third-order valence-corrected chi connectivity index (χ3v) is 2.71. The number of hydrogen-bond acceptors (Lipinski definition) is 4. The topological polar surface area (TPSA) is 70.1 Å². The van der Waals surface area contributed by atoms with Gasteiger partial charge in [0, 0.05) is 0 Å². The Labute approximate surface area is 95.6 Å². The van der Waals surface area contributed by atoms with E-state index in [1.807, 2.05) is 13.8 Å². The third-order valence-electron chi connectivity index (χ3n) is 2.71. The highest BCUT2D eigenvalue weighted by atomic mass is 16.5. The van der Waals surface area contributed by atoms with Gasteiger partial charge in [-0.1, -0.05) is 13.8 Å². The average molecular weight is 225 g/mol. The number of nitrogens with zero attached hydrogens (tertiary/aromatic N) is 2. The van der Waals surface area contributed by atoms with Gasteiger partial charge in [-0.15, -0.1) is 0 Å². The van der Waals surface area contributed by atoms with E-state index in [4.69, 9.17) is 10.5 Å². The van der Waals surface area contributed by atoms with Crippen molar-refractivity contribution >= 4 is 11.7 Å². The Morgan fingerprint density at radius 2 is 2.12 bits per heavy atom. The number of aromatic nitrogens is 2. The lowest BCUT2D eigenvalue weighted by atomic mass is 10.2. The number of nitrogens with two attached hydrogens (primary N) is 1. The Bertz CT molecular complexity index is 385. The molecule has 1 rings (SSSR count). The molecule has 0 saturated carbocycles. The summed E-state index contributed by atoms with van der Waals surface area (Å²) in [6.45, 7) is 5.75. The zero-order valence-electron chi connectivity index (χ0n) is 10.3. The monoisotopic (exact) mass is 225 g/mol. The van der Waals surface area contributed by atoms with Gasteiger partial charge in [-0.05, 0) is 19.8 Å². The standard InChI is InChI=1S/C11H19N3O2/c1-5-8-10(12)9(6-2)14(13-8)7(3)11(15)16-4/h7H,5-6,12H2,1-4H3. The molecule has 0 aliphatic rings. The lowest BCUT2D eigenvalue weighted by molar-refractivity contribution is -0.144. The predicted molar refractivity (Wildman–Crippen MR) is 62.1 cm³/mol. The van der Waals surface area contributed by atoms with Crippen LogP contribution in [0.3, 0.4) is 0 Å². The molecule has 0 saturated heterocycles. The van der Waals surface area contributed by atoms with Crippen molar-refractivity contribution in [1.82, 2.24) is 9.78 Å². The molecular weight excluding hydrogens is 206 g/mol. The minimum absolute atomic E-state index is 0.306. The summed E-state index contributed by atoms with van der Waals surface area (Å²) >= 11 is 0. The number of carbonyl (C=O) groups excluding carboxylic acids is 1. The quantitative estimate of drug-likeness (QED) is 0.785. The van der Waals surface area contributed by atoms with Crippen LogP contribution in [0.5, 0.6) is 0 Å². The SMILES string of the molecule is CCc1nn(C(C)C(=O)OC)c(CC)c1N. The maximum atomic E-state index is 11.5. The minimum Gasteiger partial charge on any atom is -0.467 e. The van der Waals surface area contributed by atoms with Crippen molar-refractivity contribution in [2.24, 2.45) is 0 Å². The van der Waals surface area contributed by atoms with Gasteiger partial charge >= 0.3 is 5.97 Å². The maximum absolute atomic E-state index is 11.5. The van der Waals surface area contributed by atoms with Crippen LogP contribution in [0, 0.1) is 0 Å². The van der Waals surface area contributed by atoms with E-state index < -0.39 is 6.04 Å². The van der Waals surface area contributed by atoms with Crippen molar-refractivity contribution in [2.75, 3.05) is 12.8 Å². The van der Waals surface area contributed by atoms with Crippen molar-refractivity contribution in [3.8, 4) is 0 Å². The van der Waals surface area contributed by atoms with Gasteiger partial charge in [0.1, 0.15) is 6.04 Å². The van der Waals surface area contributed by atoms with Crippen molar-refractivity contribution < 1.29 is 9.53 Å². The number of carbonyl (C=O) groups is 1. The first-order valence-electron chi connectivity index (χ1n) is 5.50. The summed E-state index contributed by atoms with van der Waals surface area (Å²) in [7, 11) is 1.37. The van der Waals surface area contributed by atoms with Gasteiger partial charge in [0.15, 0.2) is 0 Å². The molecule has 1 atom stereocenters. The fourth-order valence-corrected chi connectivity index (χ4v) is 1.74. The minimum atomic E-state index is -0.428. The molecule has 1 heterocycles. The molecule has 1 unspecified atom stereocenters. The van der Waals surface area contributed by atoms with Crippen LogP contribution < -0.4 is 5.73 Å². The molecule has 0 radical (unpaired) electrons. The number of aryl methyl sites for hydroxylation is 1. The molecule has 0 fully saturated rings. The maximum Gasteiger partial charge on any atom is 0.330 e. The first-order valence-corrected chi connectivity index (χ1v) is 5.50. The summed E-state index contributed by atoms with van der Waals surface area (Å²) < 4.78 is 6.37. The molecule has 1 aromatic rings. The highest BCUT2D eigenvalue weighted by molar-refractivity contribution is 5.74. The molecule has 0 bridgehead atoms. The van der Waals surface area contributed by atoms with Crippen LogP contribution in [-0.2, 0) is 22.4 Å². The summed E-state index contributed by atoms with van der Waals surface area (Å²) in [5.41, 5.74) is 8.40. The Balaban J connectivity index is 3.17. The lowest BCUT2D eigenvalue weighted by Gasteiger charge is -2.12. The molecule has 90 valence electrons. The van der Waals surface area contributed by atoms with E-state index in [0.717, 1.165) is 24.2 Å². The summed E-state index contributed by atoms with van der Waals surface area (Å²) in [5, 5.41) is 4.36. The molecule has 16 heavy (non-hydrogen) atoms. The molecule has 0 amide bonds. The summed E-state index contributed by atoms with van der Waals surface area (Å²) in [5.74, 6) is -0.306. The van der Waals surface area contributed by atoms with Gasteiger partial charge in [0.25, 0.3) is 0 Å². The molecule has 2 N–H and O–H groups in total. The number of hydrogen-bond donors (Lipinski definition) is 1. The zero-order valence-corrected chi connectivity index (χ0v) is 10.3. The fourth-order valence-electron chi connectivity index (χ4n) is 1.74. The van der Waals surface area contributed by atoms with Crippen LogP contribution in [0.2, 0.25) is 0 Å². The van der Waals surface area contributed by atoms with E-state index in [2.05, 4.69) is 5.10 Å². The molecule has 5 nitrogen and oxygen atoms in total. The number of anilines is 1. The smallest absolute Gasteiger partial charge is 0.330 e. The predicted octanol–water partition coefficient (Wildman–Crippen LogP) is 1.32. The number of esters is 1. The Kier molecular flexibility index (Phi) is 3.93. The Hall–Kier alpha value is -1.52. The van der Waals surface area contributed by atoms with Crippen LogP contribution in [0.15, 0.2) is 0 Å². The van der Waals surface area contributed by atoms with Gasteiger partial charge in [-0.25, -0.2) is 4.79 Å². The number of ether oxygens (including phenoxy) is 1. The van der Waals surface area contributed by atoms with E-state index in [9.17, 15) is 4.79 Å². The molecule has 0 spiro atoms. The van der Waals surface area contributed by atoms with Crippen LogP contribution in [0.1, 0.15) is 38.2 Å². The van der Waals surface area contributed by atoms with E-state index in [0.29, 0.717) is 5.69 Å².